The molecule has 1 saturated carbocycles. The lowest BCUT2D eigenvalue weighted by Gasteiger charge is -2.37. The van der Waals surface area contributed by atoms with E-state index in [1.54, 1.807) is 0 Å². The second kappa shape index (κ2) is 4.63. The van der Waals surface area contributed by atoms with Crippen LogP contribution in [0.2, 0.25) is 0 Å². The van der Waals surface area contributed by atoms with Gasteiger partial charge < -0.3 is 10.6 Å². The largest absolute Gasteiger partial charge is 0.399 e. The molecule has 1 amide bonds. The van der Waals surface area contributed by atoms with E-state index in [0.29, 0.717) is 11.7 Å². The first kappa shape index (κ1) is 11.6. The first-order chi connectivity index (χ1) is 8.75. The van der Waals surface area contributed by atoms with Crippen molar-refractivity contribution in [3.63, 3.8) is 0 Å². The highest BCUT2D eigenvalue weighted by atomic mass is 16.2. The van der Waals surface area contributed by atoms with Gasteiger partial charge in [0.1, 0.15) is 0 Å². The molecule has 2 aliphatic rings. The summed E-state index contributed by atoms with van der Waals surface area (Å²) in [4.78, 5) is 14.6. The van der Waals surface area contributed by atoms with Gasteiger partial charge in [0.2, 0.25) is 0 Å². The quantitative estimate of drug-likeness (QED) is 0.772. The predicted octanol–water partition coefficient (Wildman–Crippen LogP) is 2.60. The predicted molar refractivity (Wildman–Crippen MR) is 72.5 cm³/mol. The van der Waals surface area contributed by atoms with E-state index in [-0.39, 0.29) is 5.91 Å². The van der Waals surface area contributed by atoms with Gasteiger partial charge in [0, 0.05) is 23.8 Å². The van der Waals surface area contributed by atoms with Crippen LogP contribution in [0, 0.1) is 0 Å². The minimum absolute atomic E-state index is 0.190. The van der Waals surface area contributed by atoms with Gasteiger partial charge in [-0.25, -0.2) is 0 Å². The number of nitrogens with zero attached hydrogens (tertiary/aromatic N) is 1. The highest BCUT2D eigenvalue weighted by molar-refractivity contribution is 5.97. The van der Waals surface area contributed by atoms with E-state index in [4.69, 9.17) is 5.73 Å². The Hall–Kier alpha value is -1.51. The van der Waals surface area contributed by atoms with E-state index < -0.39 is 0 Å². The molecule has 1 aromatic rings. The number of nitrogens with two attached hydrogens (primary N) is 1. The molecular weight excluding hydrogens is 224 g/mol. The third-order valence-corrected chi connectivity index (χ3v) is 4.26. The fourth-order valence-corrected chi connectivity index (χ4v) is 3.25. The first-order valence-corrected chi connectivity index (χ1v) is 6.95. The standard InChI is InChI=1S/C15H20N2O/c16-12-7-6-11-8-9-17(15(18)14(11)10-12)13-4-2-1-3-5-13/h6-7,10,13H,1-5,8-9,16H2. The summed E-state index contributed by atoms with van der Waals surface area (Å²) < 4.78 is 0. The Kier molecular flexibility index (Phi) is 2.98. The van der Waals surface area contributed by atoms with E-state index in [2.05, 4.69) is 4.90 Å². The molecule has 96 valence electrons. The van der Waals surface area contributed by atoms with Crippen molar-refractivity contribution in [3.05, 3.63) is 29.3 Å². The van der Waals surface area contributed by atoms with Crippen LogP contribution < -0.4 is 5.73 Å². The van der Waals surface area contributed by atoms with Crippen molar-refractivity contribution in [1.29, 1.82) is 0 Å². The zero-order valence-corrected chi connectivity index (χ0v) is 10.7. The average molecular weight is 244 g/mol. The summed E-state index contributed by atoms with van der Waals surface area (Å²) in [7, 11) is 0. The maximum absolute atomic E-state index is 12.5. The lowest BCUT2D eigenvalue weighted by atomic mass is 9.90. The number of carbonyl (C=O) groups is 1. The van der Waals surface area contributed by atoms with E-state index in [0.717, 1.165) is 24.1 Å². The Morgan fingerprint density at radius 2 is 1.94 bits per heavy atom. The van der Waals surface area contributed by atoms with Gasteiger partial charge in [0.15, 0.2) is 0 Å². The maximum Gasteiger partial charge on any atom is 0.254 e. The van der Waals surface area contributed by atoms with Crippen molar-refractivity contribution in [3.8, 4) is 0 Å². The lowest BCUT2D eigenvalue weighted by molar-refractivity contribution is 0.0615. The smallest absolute Gasteiger partial charge is 0.254 e. The second-order valence-electron chi connectivity index (χ2n) is 5.46. The Morgan fingerprint density at radius 3 is 2.72 bits per heavy atom. The highest BCUT2D eigenvalue weighted by Crippen LogP contribution is 2.28. The number of rotatable bonds is 1. The molecule has 0 radical (unpaired) electrons. The third-order valence-electron chi connectivity index (χ3n) is 4.26. The summed E-state index contributed by atoms with van der Waals surface area (Å²) in [6.45, 7) is 0.875. The van der Waals surface area contributed by atoms with Crippen molar-refractivity contribution in [1.82, 2.24) is 4.90 Å². The molecule has 2 N–H and O–H groups in total. The number of carbonyl (C=O) groups excluding carboxylic acids is 1. The molecule has 18 heavy (non-hydrogen) atoms. The van der Waals surface area contributed by atoms with Gasteiger partial charge >= 0.3 is 0 Å². The fraction of sp³-hybridized carbons (Fsp3) is 0.533. The lowest BCUT2D eigenvalue weighted by Crippen LogP contribution is -2.45. The minimum atomic E-state index is 0.190. The van der Waals surface area contributed by atoms with Crippen LogP contribution in [0.1, 0.15) is 48.0 Å². The van der Waals surface area contributed by atoms with Gasteiger partial charge in [0.25, 0.3) is 5.91 Å². The van der Waals surface area contributed by atoms with Crippen LogP contribution in [0.5, 0.6) is 0 Å². The Balaban J connectivity index is 1.86. The van der Waals surface area contributed by atoms with E-state index in [1.807, 2.05) is 18.2 Å². The molecule has 0 atom stereocenters. The highest BCUT2D eigenvalue weighted by Gasteiger charge is 2.30. The second-order valence-corrected chi connectivity index (χ2v) is 5.46. The maximum atomic E-state index is 12.5. The van der Waals surface area contributed by atoms with E-state index >= 15 is 0 Å². The number of hydrogen-bond donors (Lipinski definition) is 1. The minimum Gasteiger partial charge on any atom is -0.399 e. The molecule has 0 saturated heterocycles. The van der Waals surface area contributed by atoms with Crippen LogP contribution in [-0.4, -0.2) is 23.4 Å². The van der Waals surface area contributed by atoms with Crippen molar-refractivity contribution in [2.75, 3.05) is 12.3 Å². The molecule has 0 aromatic heterocycles. The van der Waals surface area contributed by atoms with Crippen molar-refractivity contribution >= 4 is 11.6 Å². The summed E-state index contributed by atoms with van der Waals surface area (Å²) in [6.07, 6.45) is 7.16. The van der Waals surface area contributed by atoms with Crippen molar-refractivity contribution < 1.29 is 4.79 Å². The van der Waals surface area contributed by atoms with Gasteiger partial charge in [-0.1, -0.05) is 25.3 Å². The number of anilines is 1. The fourth-order valence-electron chi connectivity index (χ4n) is 3.25. The van der Waals surface area contributed by atoms with Crippen LogP contribution in [0.25, 0.3) is 0 Å². The van der Waals surface area contributed by atoms with Gasteiger partial charge in [-0.2, -0.15) is 0 Å². The number of hydrogen-bond acceptors (Lipinski definition) is 2. The molecule has 1 aliphatic carbocycles. The summed E-state index contributed by atoms with van der Waals surface area (Å²) in [6, 6.07) is 6.19. The van der Waals surface area contributed by atoms with Gasteiger partial charge in [-0.15, -0.1) is 0 Å². The molecule has 3 heteroatoms. The molecule has 1 aromatic carbocycles. The summed E-state index contributed by atoms with van der Waals surface area (Å²) in [5.74, 6) is 0.190. The SMILES string of the molecule is Nc1ccc2c(c1)C(=O)N(C1CCCCC1)CC2. The average Bonchev–Trinajstić information content (AvgIpc) is 2.41. The monoisotopic (exact) mass is 244 g/mol. The molecule has 1 fully saturated rings. The zero-order valence-electron chi connectivity index (χ0n) is 10.7. The first-order valence-electron chi connectivity index (χ1n) is 6.95. The van der Waals surface area contributed by atoms with Gasteiger partial charge in [-0.05, 0) is 37.0 Å². The van der Waals surface area contributed by atoms with Crippen LogP contribution in [-0.2, 0) is 6.42 Å². The summed E-state index contributed by atoms with van der Waals surface area (Å²) in [5.41, 5.74) is 8.46. The molecule has 0 spiro atoms. The van der Waals surface area contributed by atoms with Gasteiger partial charge in [-0.3, -0.25) is 4.79 Å². The Labute approximate surface area is 108 Å². The third kappa shape index (κ3) is 1.98. The molecular formula is C15H20N2O. The van der Waals surface area contributed by atoms with Crippen LogP contribution in [0.15, 0.2) is 18.2 Å². The number of fused-ring (bicyclic) bond motifs is 1. The van der Waals surface area contributed by atoms with Crippen LogP contribution >= 0.6 is 0 Å². The van der Waals surface area contributed by atoms with Gasteiger partial charge in [0.05, 0.1) is 0 Å². The van der Waals surface area contributed by atoms with E-state index in [9.17, 15) is 4.79 Å². The number of nitrogen functional groups attached to an aromatic ring is 1. The number of benzene rings is 1. The Bertz CT molecular complexity index is 464. The van der Waals surface area contributed by atoms with Crippen molar-refractivity contribution in [2.24, 2.45) is 0 Å². The Morgan fingerprint density at radius 1 is 1.17 bits per heavy atom. The molecule has 0 bridgehead atoms. The summed E-state index contributed by atoms with van der Waals surface area (Å²) in [5, 5.41) is 0. The molecule has 3 rings (SSSR count). The normalized spacial score (nSPS) is 20.9. The van der Waals surface area contributed by atoms with E-state index in [1.165, 1.54) is 32.1 Å². The van der Waals surface area contributed by atoms with Crippen LogP contribution in [0.4, 0.5) is 5.69 Å². The zero-order chi connectivity index (χ0) is 12.5. The molecule has 1 heterocycles. The van der Waals surface area contributed by atoms with Crippen LogP contribution in [0.3, 0.4) is 0 Å². The summed E-state index contributed by atoms with van der Waals surface area (Å²) >= 11 is 0. The molecule has 0 unspecified atom stereocenters. The molecule has 3 nitrogen and oxygen atoms in total. The number of amides is 1. The topological polar surface area (TPSA) is 46.3 Å². The molecule has 1 aliphatic heterocycles. The van der Waals surface area contributed by atoms with Crippen molar-refractivity contribution in [2.45, 2.75) is 44.6 Å².